The second-order valence-electron chi connectivity index (χ2n) is 6.68. The van der Waals surface area contributed by atoms with Gasteiger partial charge in [-0.15, -0.1) is 0 Å². The average Bonchev–Trinajstić information content (AvgIpc) is 2.51. The Bertz CT molecular complexity index is 369. The van der Waals surface area contributed by atoms with E-state index in [0.29, 0.717) is 12.8 Å². The summed E-state index contributed by atoms with van der Waals surface area (Å²) in [5.41, 5.74) is -3.17. The van der Waals surface area contributed by atoms with Gasteiger partial charge in [-0.25, -0.2) is 0 Å². The van der Waals surface area contributed by atoms with Crippen molar-refractivity contribution in [1.29, 1.82) is 0 Å². The summed E-state index contributed by atoms with van der Waals surface area (Å²) in [7, 11) is 0. The van der Waals surface area contributed by atoms with E-state index >= 15 is 0 Å². The van der Waals surface area contributed by atoms with Crippen LogP contribution in [0.2, 0.25) is 0 Å². The minimum atomic E-state index is -4.58. The Hall–Kier alpha value is -0.740. The molecule has 0 aromatic carbocycles. The Balaban J connectivity index is 3.01. The molecule has 2 nitrogen and oxygen atoms in total. The maximum absolute atomic E-state index is 13.3. The summed E-state index contributed by atoms with van der Waals surface area (Å²) < 4.78 is 45.4. The fourth-order valence-electron chi connectivity index (χ4n) is 3.44. The Morgan fingerprint density at radius 2 is 1.50 bits per heavy atom. The predicted octanol–water partition coefficient (Wildman–Crippen LogP) is 5.65. The Labute approximate surface area is 131 Å². The van der Waals surface area contributed by atoms with Crippen LogP contribution in [0.5, 0.6) is 0 Å². The highest BCUT2D eigenvalue weighted by Crippen LogP contribution is 2.46. The fraction of sp³-hybridized carbons (Fsp3) is 0.941. The molecule has 0 spiro atoms. The van der Waals surface area contributed by atoms with E-state index in [-0.39, 0.29) is 12.3 Å². The molecule has 0 aromatic heterocycles. The van der Waals surface area contributed by atoms with Gasteiger partial charge in [0.25, 0.3) is 0 Å². The van der Waals surface area contributed by atoms with Gasteiger partial charge in [0.2, 0.25) is 0 Å². The lowest BCUT2D eigenvalue weighted by atomic mass is 9.73. The van der Waals surface area contributed by atoms with E-state index < -0.39 is 23.2 Å². The number of carbonyl (C=O) groups excluding carboxylic acids is 1. The predicted molar refractivity (Wildman–Crippen MR) is 80.4 cm³/mol. The molecule has 0 heterocycles. The van der Waals surface area contributed by atoms with E-state index in [2.05, 4.69) is 0 Å². The number of carbonyl (C=O) groups is 1. The lowest BCUT2D eigenvalue weighted by molar-refractivity contribution is -0.242. The molecule has 0 aliphatic heterocycles. The van der Waals surface area contributed by atoms with Gasteiger partial charge in [0.05, 0.1) is 0 Å². The number of ether oxygens (including phenoxy) is 1. The second-order valence-corrected chi connectivity index (χ2v) is 6.68. The Morgan fingerprint density at radius 3 is 1.86 bits per heavy atom. The van der Waals surface area contributed by atoms with Gasteiger partial charge in [-0.3, -0.25) is 4.79 Å². The van der Waals surface area contributed by atoms with Crippen molar-refractivity contribution in [2.75, 3.05) is 0 Å². The molecule has 0 radical (unpaired) electrons. The second kappa shape index (κ2) is 7.22. The zero-order valence-electron chi connectivity index (χ0n) is 14.2. The smallest absolute Gasteiger partial charge is 0.404 e. The van der Waals surface area contributed by atoms with Gasteiger partial charge in [0.1, 0.15) is 5.60 Å². The van der Waals surface area contributed by atoms with Crippen molar-refractivity contribution >= 4 is 5.97 Å². The molecule has 1 fully saturated rings. The summed E-state index contributed by atoms with van der Waals surface area (Å²) in [6.45, 7) is 6.14. The molecule has 130 valence electrons. The lowest BCUT2D eigenvalue weighted by Crippen LogP contribution is -2.50. The van der Waals surface area contributed by atoms with Crippen LogP contribution in [0, 0.1) is 11.3 Å². The molecule has 1 rings (SSSR count). The molecule has 1 aliphatic carbocycles. The number of esters is 1. The van der Waals surface area contributed by atoms with Crippen LogP contribution in [0.15, 0.2) is 0 Å². The van der Waals surface area contributed by atoms with Crippen LogP contribution in [0.1, 0.15) is 79.1 Å². The third-order valence-electron chi connectivity index (χ3n) is 5.63. The zero-order valence-corrected chi connectivity index (χ0v) is 14.2. The van der Waals surface area contributed by atoms with Crippen molar-refractivity contribution in [2.45, 2.75) is 90.8 Å². The van der Waals surface area contributed by atoms with E-state index in [1.54, 1.807) is 0 Å². The molecular formula is C17H29F3O2. The normalized spacial score (nSPS) is 20.5. The van der Waals surface area contributed by atoms with Gasteiger partial charge in [-0.1, -0.05) is 40.0 Å². The van der Waals surface area contributed by atoms with E-state index in [1.165, 1.54) is 6.92 Å². The first-order valence-electron chi connectivity index (χ1n) is 8.47. The first-order valence-corrected chi connectivity index (χ1v) is 8.47. The number of hydrogen-bond donors (Lipinski definition) is 0. The molecule has 5 heteroatoms. The summed E-state index contributed by atoms with van der Waals surface area (Å²) in [5, 5.41) is 0. The third kappa shape index (κ3) is 3.60. The number of hydrogen-bond acceptors (Lipinski definition) is 2. The van der Waals surface area contributed by atoms with Crippen molar-refractivity contribution in [3.63, 3.8) is 0 Å². The highest BCUT2D eigenvalue weighted by Gasteiger charge is 2.58. The molecule has 1 aliphatic rings. The molecule has 1 unspecified atom stereocenters. The van der Waals surface area contributed by atoms with E-state index in [4.69, 9.17) is 4.74 Å². The lowest BCUT2D eigenvalue weighted by Gasteiger charge is -2.43. The summed E-state index contributed by atoms with van der Waals surface area (Å²) in [6.07, 6.45) is 1.40. The molecule has 1 atom stereocenters. The summed E-state index contributed by atoms with van der Waals surface area (Å²) in [6, 6.07) is 0. The van der Waals surface area contributed by atoms with Crippen LogP contribution in [0.3, 0.4) is 0 Å². The van der Waals surface area contributed by atoms with Crippen molar-refractivity contribution in [1.82, 2.24) is 0 Å². The minimum Gasteiger partial charge on any atom is -0.458 e. The van der Waals surface area contributed by atoms with Gasteiger partial charge in [0, 0.05) is 0 Å². The fourth-order valence-corrected chi connectivity index (χ4v) is 3.44. The highest BCUT2D eigenvalue weighted by molar-refractivity contribution is 5.77. The Morgan fingerprint density at radius 1 is 1.00 bits per heavy atom. The molecule has 22 heavy (non-hydrogen) atoms. The highest BCUT2D eigenvalue weighted by atomic mass is 19.4. The van der Waals surface area contributed by atoms with E-state index in [1.807, 2.05) is 13.8 Å². The monoisotopic (exact) mass is 322 g/mol. The van der Waals surface area contributed by atoms with Crippen molar-refractivity contribution < 1.29 is 22.7 Å². The van der Waals surface area contributed by atoms with Gasteiger partial charge < -0.3 is 4.74 Å². The van der Waals surface area contributed by atoms with Crippen LogP contribution < -0.4 is 0 Å². The number of rotatable bonds is 6. The molecular weight excluding hydrogens is 293 g/mol. The third-order valence-corrected chi connectivity index (χ3v) is 5.63. The summed E-state index contributed by atoms with van der Waals surface area (Å²) >= 11 is 0. The van der Waals surface area contributed by atoms with Gasteiger partial charge in [0.15, 0.2) is 5.41 Å². The van der Waals surface area contributed by atoms with Crippen LogP contribution >= 0.6 is 0 Å². The molecule has 0 amide bonds. The molecule has 0 saturated heterocycles. The number of alkyl halides is 3. The number of halogens is 3. The first-order chi connectivity index (χ1) is 10.2. The maximum Gasteiger partial charge on any atom is 0.404 e. The van der Waals surface area contributed by atoms with Gasteiger partial charge in [-0.2, -0.15) is 13.2 Å². The Kier molecular flexibility index (Phi) is 6.34. The quantitative estimate of drug-likeness (QED) is 0.591. The zero-order chi connectivity index (χ0) is 17.0. The standard InChI is InChI=1S/C17H29F3O2/c1-5-15(4,17(18,19)20)14(21)22-16(6-2,7-3)13-11-9-8-10-12-13/h13H,5-12H2,1-4H3. The largest absolute Gasteiger partial charge is 0.458 e. The van der Waals surface area contributed by atoms with Gasteiger partial charge >= 0.3 is 12.1 Å². The molecule has 0 aromatic rings. The SMILES string of the molecule is CCC(CC)(OC(=O)C(C)(CC)C(F)(F)F)C1CCCCC1. The van der Waals surface area contributed by atoms with Crippen molar-refractivity contribution in [2.24, 2.45) is 11.3 Å². The van der Waals surface area contributed by atoms with Crippen LogP contribution in [0.4, 0.5) is 13.2 Å². The van der Waals surface area contributed by atoms with Crippen LogP contribution in [-0.4, -0.2) is 17.7 Å². The van der Waals surface area contributed by atoms with Crippen LogP contribution in [0.25, 0.3) is 0 Å². The minimum absolute atomic E-state index is 0.175. The maximum atomic E-state index is 13.3. The molecule has 1 saturated carbocycles. The molecule has 0 N–H and O–H groups in total. The van der Waals surface area contributed by atoms with Crippen molar-refractivity contribution in [3.8, 4) is 0 Å². The first kappa shape index (κ1) is 19.3. The summed E-state index contributed by atoms with van der Waals surface area (Å²) in [5.74, 6) is -0.939. The topological polar surface area (TPSA) is 26.3 Å². The average molecular weight is 322 g/mol. The molecule has 0 bridgehead atoms. The van der Waals surface area contributed by atoms with Crippen molar-refractivity contribution in [3.05, 3.63) is 0 Å². The van der Waals surface area contributed by atoms with Gasteiger partial charge in [-0.05, 0) is 44.9 Å². The van der Waals surface area contributed by atoms with Crippen LogP contribution in [-0.2, 0) is 9.53 Å². The summed E-state index contributed by atoms with van der Waals surface area (Å²) in [4.78, 5) is 12.4. The van der Waals surface area contributed by atoms with E-state index in [0.717, 1.165) is 39.0 Å². The van der Waals surface area contributed by atoms with E-state index in [9.17, 15) is 18.0 Å².